The highest BCUT2D eigenvalue weighted by molar-refractivity contribution is 6.17. The quantitative estimate of drug-likeness (QED) is 0.687. The van der Waals surface area contributed by atoms with E-state index in [4.69, 9.17) is 11.6 Å². The number of hydrogen-bond donors (Lipinski definition) is 1. The monoisotopic (exact) mass is 205 g/mol. The van der Waals surface area contributed by atoms with E-state index in [2.05, 4.69) is 5.32 Å². The Morgan fingerprint density at radius 1 is 1.46 bits per heavy atom. The summed E-state index contributed by atoms with van der Waals surface area (Å²) in [5.74, 6) is 1.10. The van der Waals surface area contributed by atoms with Crippen LogP contribution in [-0.4, -0.2) is 17.3 Å². The average molecular weight is 206 g/mol. The number of amides is 1. The van der Waals surface area contributed by atoms with Crippen molar-refractivity contribution in [3.63, 3.8) is 0 Å². The third-order valence-corrected chi connectivity index (χ3v) is 1.98. The first-order valence-corrected chi connectivity index (χ1v) is 5.28. The van der Waals surface area contributed by atoms with Crippen molar-refractivity contribution in [2.45, 2.75) is 46.1 Å². The molecule has 0 rings (SSSR count). The minimum atomic E-state index is -0.173. The van der Waals surface area contributed by atoms with Crippen LogP contribution in [0.2, 0.25) is 0 Å². The molecule has 0 aliphatic rings. The van der Waals surface area contributed by atoms with Crippen LogP contribution in [0.5, 0.6) is 0 Å². The van der Waals surface area contributed by atoms with E-state index in [-0.39, 0.29) is 11.4 Å². The molecule has 3 heteroatoms. The van der Waals surface area contributed by atoms with Gasteiger partial charge in [-0.25, -0.2) is 0 Å². The Labute approximate surface area is 86.0 Å². The third kappa shape index (κ3) is 6.88. The molecule has 1 N–H and O–H groups in total. The maximum absolute atomic E-state index is 11.4. The molecule has 0 radical (unpaired) electrons. The minimum absolute atomic E-state index is 0.116. The standard InChI is InChI=1S/C10H20ClNO/c1-8(2)7-9(13)12-10(3,4)5-6-11/h8H,5-7H2,1-4H3,(H,12,13). The first-order chi connectivity index (χ1) is 5.87. The molecule has 78 valence electrons. The highest BCUT2D eigenvalue weighted by Gasteiger charge is 2.19. The largest absolute Gasteiger partial charge is 0.351 e. The van der Waals surface area contributed by atoms with Gasteiger partial charge in [-0.15, -0.1) is 11.6 Å². The molecule has 0 fully saturated rings. The van der Waals surface area contributed by atoms with Gasteiger partial charge in [-0.2, -0.15) is 0 Å². The maximum atomic E-state index is 11.4. The Hall–Kier alpha value is -0.240. The molecule has 0 bridgehead atoms. The third-order valence-electron chi connectivity index (χ3n) is 1.79. The average Bonchev–Trinajstić information content (AvgIpc) is 1.81. The van der Waals surface area contributed by atoms with Crippen molar-refractivity contribution in [3.05, 3.63) is 0 Å². The molecular formula is C10H20ClNO. The Bertz CT molecular complexity index is 166. The van der Waals surface area contributed by atoms with Crippen LogP contribution in [0.4, 0.5) is 0 Å². The van der Waals surface area contributed by atoms with Crippen LogP contribution in [-0.2, 0) is 4.79 Å². The SMILES string of the molecule is CC(C)CC(=O)NC(C)(C)CCCl. The van der Waals surface area contributed by atoms with Crippen molar-refractivity contribution in [2.75, 3.05) is 5.88 Å². The normalized spacial score (nSPS) is 11.8. The highest BCUT2D eigenvalue weighted by Crippen LogP contribution is 2.10. The van der Waals surface area contributed by atoms with Crippen molar-refractivity contribution < 1.29 is 4.79 Å². The van der Waals surface area contributed by atoms with Crippen LogP contribution in [0.25, 0.3) is 0 Å². The lowest BCUT2D eigenvalue weighted by molar-refractivity contribution is -0.123. The van der Waals surface area contributed by atoms with Crippen molar-refractivity contribution in [1.29, 1.82) is 0 Å². The van der Waals surface area contributed by atoms with Gasteiger partial charge < -0.3 is 5.32 Å². The maximum Gasteiger partial charge on any atom is 0.220 e. The summed E-state index contributed by atoms with van der Waals surface area (Å²) in [7, 11) is 0. The molecule has 0 spiro atoms. The fourth-order valence-electron chi connectivity index (χ4n) is 1.10. The Morgan fingerprint density at radius 3 is 2.38 bits per heavy atom. The predicted octanol–water partition coefficient (Wildman–Crippen LogP) is 2.56. The van der Waals surface area contributed by atoms with E-state index in [0.29, 0.717) is 18.2 Å². The summed E-state index contributed by atoms with van der Waals surface area (Å²) in [5.41, 5.74) is -0.173. The van der Waals surface area contributed by atoms with Crippen LogP contribution in [0.15, 0.2) is 0 Å². The summed E-state index contributed by atoms with van der Waals surface area (Å²) in [6.07, 6.45) is 1.39. The van der Waals surface area contributed by atoms with Gasteiger partial charge in [-0.05, 0) is 26.2 Å². The van der Waals surface area contributed by atoms with Gasteiger partial charge in [0.15, 0.2) is 0 Å². The second-order valence-corrected chi connectivity index (χ2v) is 4.85. The Morgan fingerprint density at radius 2 is 2.00 bits per heavy atom. The lowest BCUT2D eigenvalue weighted by Gasteiger charge is -2.25. The molecule has 0 atom stereocenters. The molecule has 0 unspecified atom stereocenters. The van der Waals surface area contributed by atoms with Crippen LogP contribution in [0, 0.1) is 5.92 Å². The Balaban J connectivity index is 3.89. The van der Waals surface area contributed by atoms with Gasteiger partial charge in [-0.1, -0.05) is 13.8 Å². The predicted molar refractivity (Wildman–Crippen MR) is 57.0 cm³/mol. The van der Waals surface area contributed by atoms with Crippen molar-refractivity contribution in [2.24, 2.45) is 5.92 Å². The van der Waals surface area contributed by atoms with E-state index in [1.54, 1.807) is 0 Å². The number of carbonyl (C=O) groups excluding carboxylic acids is 1. The number of carbonyl (C=O) groups is 1. The lowest BCUT2D eigenvalue weighted by atomic mass is 10.0. The van der Waals surface area contributed by atoms with Gasteiger partial charge in [0.05, 0.1) is 0 Å². The van der Waals surface area contributed by atoms with E-state index in [0.717, 1.165) is 6.42 Å². The van der Waals surface area contributed by atoms with E-state index < -0.39 is 0 Å². The number of hydrogen-bond acceptors (Lipinski definition) is 1. The molecule has 0 saturated carbocycles. The van der Waals surface area contributed by atoms with Gasteiger partial charge >= 0.3 is 0 Å². The second-order valence-electron chi connectivity index (χ2n) is 4.47. The molecule has 1 amide bonds. The number of nitrogens with one attached hydrogen (secondary N) is 1. The van der Waals surface area contributed by atoms with Gasteiger partial charge in [0, 0.05) is 17.8 Å². The van der Waals surface area contributed by atoms with Crippen molar-refractivity contribution in [3.8, 4) is 0 Å². The van der Waals surface area contributed by atoms with Crippen molar-refractivity contribution in [1.82, 2.24) is 5.32 Å². The van der Waals surface area contributed by atoms with E-state index in [1.165, 1.54) is 0 Å². The first-order valence-electron chi connectivity index (χ1n) is 4.74. The van der Waals surface area contributed by atoms with Crippen LogP contribution < -0.4 is 5.32 Å². The zero-order valence-corrected chi connectivity index (χ0v) is 9.74. The van der Waals surface area contributed by atoms with Gasteiger partial charge in [0.1, 0.15) is 0 Å². The van der Waals surface area contributed by atoms with Crippen LogP contribution in [0.1, 0.15) is 40.5 Å². The van der Waals surface area contributed by atoms with Gasteiger partial charge in [0.25, 0.3) is 0 Å². The van der Waals surface area contributed by atoms with Gasteiger partial charge in [0.2, 0.25) is 5.91 Å². The Kier molecular flexibility index (Phi) is 5.38. The molecule has 0 aromatic carbocycles. The fourth-order valence-corrected chi connectivity index (χ4v) is 1.57. The van der Waals surface area contributed by atoms with E-state index in [1.807, 2.05) is 27.7 Å². The molecule has 13 heavy (non-hydrogen) atoms. The molecule has 0 aliphatic carbocycles. The molecule has 0 aromatic heterocycles. The zero-order chi connectivity index (χ0) is 10.5. The zero-order valence-electron chi connectivity index (χ0n) is 8.98. The summed E-state index contributed by atoms with van der Waals surface area (Å²) >= 11 is 5.62. The first kappa shape index (κ1) is 12.8. The summed E-state index contributed by atoms with van der Waals surface area (Å²) in [4.78, 5) is 11.4. The summed E-state index contributed by atoms with van der Waals surface area (Å²) < 4.78 is 0. The van der Waals surface area contributed by atoms with Crippen molar-refractivity contribution >= 4 is 17.5 Å². The molecule has 0 heterocycles. The topological polar surface area (TPSA) is 29.1 Å². The summed E-state index contributed by atoms with van der Waals surface area (Å²) in [6, 6.07) is 0. The smallest absolute Gasteiger partial charge is 0.220 e. The lowest BCUT2D eigenvalue weighted by Crippen LogP contribution is -2.44. The fraction of sp³-hybridized carbons (Fsp3) is 0.900. The molecule has 0 saturated heterocycles. The summed E-state index contributed by atoms with van der Waals surface area (Å²) in [5, 5.41) is 2.97. The van der Waals surface area contributed by atoms with Crippen LogP contribution >= 0.6 is 11.6 Å². The number of alkyl halides is 1. The molecular weight excluding hydrogens is 186 g/mol. The van der Waals surface area contributed by atoms with Crippen LogP contribution in [0.3, 0.4) is 0 Å². The molecule has 0 aliphatic heterocycles. The second kappa shape index (κ2) is 5.48. The molecule has 0 aromatic rings. The summed E-state index contributed by atoms with van der Waals surface area (Å²) in [6.45, 7) is 8.06. The van der Waals surface area contributed by atoms with E-state index >= 15 is 0 Å². The van der Waals surface area contributed by atoms with E-state index in [9.17, 15) is 4.79 Å². The molecule has 2 nitrogen and oxygen atoms in total. The number of halogens is 1. The van der Waals surface area contributed by atoms with Gasteiger partial charge in [-0.3, -0.25) is 4.79 Å². The highest BCUT2D eigenvalue weighted by atomic mass is 35.5. The number of rotatable bonds is 5. The minimum Gasteiger partial charge on any atom is -0.351 e.